The van der Waals surface area contributed by atoms with Gasteiger partial charge in [-0.1, -0.05) is 48.5 Å². The van der Waals surface area contributed by atoms with E-state index >= 15 is 0 Å². The summed E-state index contributed by atoms with van der Waals surface area (Å²) in [5.74, 6) is -1.00. The van der Waals surface area contributed by atoms with Crippen LogP contribution in [0.1, 0.15) is 32.0 Å². The van der Waals surface area contributed by atoms with Gasteiger partial charge in [0.25, 0.3) is 5.91 Å². The van der Waals surface area contributed by atoms with E-state index in [1.54, 1.807) is 38.3 Å². The van der Waals surface area contributed by atoms with Gasteiger partial charge in [0, 0.05) is 11.8 Å². The van der Waals surface area contributed by atoms with Crippen molar-refractivity contribution in [2.75, 3.05) is 12.0 Å². The van der Waals surface area contributed by atoms with Crippen molar-refractivity contribution in [3.05, 3.63) is 99.2 Å². The van der Waals surface area contributed by atoms with Crippen molar-refractivity contribution in [2.45, 2.75) is 19.9 Å². The number of rotatable bonds is 5. The molecule has 0 spiro atoms. The number of carbonyl (C=O) groups excluding carboxylic acids is 2. The average Bonchev–Trinajstić information content (AvgIpc) is 3.33. The zero-order valence-corrected chi connectivity index (χ0v) is 19.7. The summed E-state index contributed by atoms with van der Waals surface area (Å²) in [6.45, 7) is 3.59. The lowest BCUT2D eigenvalue weighted by Crippen LogP contribution is -2.31. The Morgan fingerprint density at radius 3 is 2.53 bits per heavy atom. The number of aryl methyl sites for hydroxylation is 2. The number of hydrogen-bond acceptors (Lipinski definition) is 6. The molecule has 0 bridgehead atoms. The Balaban J connectivity index is 1.76. The van der Waals surface area contributed by atoms with E-state index in [0.717, 1.165) is 21.3 Å². The van der Waals surface area contributed by atoms with Crippen LogP contribution in [-0.2, 0) is 4.79 Å². The minimum Gasteiger partial charge on any atom is -0.503 e. The van der Waals surface area contributed by atoms with Gasteiger partial charge in [-0.15, -0.1) is 11.3 Å². The Kier molecular flexibility index (Phi) is 5.42. The summed E-state index contributed by atoms with van der Waals surface area (Å²) < 4.78 is 5.36. The van der Waals surface area contributed by atoms with E-state index in [9.17, 15) is 14.7 Å². The van der Waals surface area contributed by atoms with Crippen molar-refractivity contribution in [3.63, 3.8) is 0 Å². The molecule has 1 amide bonds. The molecule has 0 saturated heterocycles. The molecule has 1 unspecified atom stereocenters. The lowest BCUT2D eigenvalue weighted by atomic mass is 9.91. The van der Waals surface area contributed by atoms with Crippen LogP contribution in [0.4, 0.5) is 5.69 Å². The number of Topliss-reactive ketones (excluding diaryl/α,β-unsaturated/α-hetero) is 1. The number of aromatic nitrogens is 1. The Labute approximate surface area is 200 Å². The fourth-order valence-corrected chi connectivity index (χ4v) is 5.39. The van der Waals surface area contributed by atoms with Crippen LogP contribution in [0.25, 0.3) is 10.8 Å². The topological polar surface area (TPSA) is 79.7 Å². The minimum absolute atomic E-state index is 0.0518. The second-order valence-electron chi connectivity index (χ2n) is 8.09. The third-order valence-corrected chi connectivity index (χ3v) is 7.08. The first-order valence-corrected chi connectivity index (χ1v) is 11.6. The number of aliphatic hydroxyl groups is 1. The SMILES string of the molecule is COc1cccc(N2C(=O)C(O)=C(C(=O)c3sc(C)nc3C)C2c2cccc3ccccc23)c1. The number of methoxy groups -OCH3 is 1. The quantitative estimate of drug-likeness (QED) is 0.378. The van der Waals surface area contributed by atoms with Crippen molar-refractivity contribution in [1.29, 1.82) is 0 Å². The maximum absolute atomic E-state index is 13.8. The largest absolute Gasteiger partial charge is 0.503 e. The molecule has 1 aromatic heterocycles. The normalized spacial score (nSPS) is 15.9. The number of thiazole rings is 1. The molecule has 1 atom stereocenters. The molecular formula is C27H22N2O4S. The fraction of sp³-hybridized carbons (Fsp3) is 0.148. The molecule has 5 rings (SSSR count). The van der Waals surface area contributed by atoms with Crippen LogP contribution >= 0.6 is 11.3 Å². The molecule has 1 aliphatic rings. The first kappa shape index (κ1) is 21.9. The van der Waals surface area contributed by atoms with E-state index in [1.807, 2.05) is 49.4 Å². The number of fused-ring (bicyclic) bond motifs is 1. The predicted octanol–water partition coefficient (Wildman–Crippen LogP) is 5.70. The number of anilines is 1. The first-order chi connectivity index (χ1) is 16.4. The molecule has 0 saturated carbocycles. The fourth-order valence-electron chi connectivity index (χ4n) is 4.51. The lowest BCUT2D eigenvalue weighted by molar-refractivity contribution is -0.117. The molecule has 170 valence electrons. The maximum atomic E-state index is 13.8. The highest BCUT2D eigenvalue weighted by Crippen LogP contribution is 2.45. The number of carbonyl (C=O) groups is 2. The summed E-state index contributed by atoms with van der Waals surface area (Å²) in [5, 5.41) is 13.7. The van der Waals surface area contributed by atoms with E-state index in [2.05, 4.69) is 4.98 Å². The van der Waals surface area contributed by atoms with E-state index in [1.165, 1.54) is 16.2 Å². The number of amides is 1. The Morgan fingerprint density at radius 1 is 1.06 bits per heavy atom. The highest BCUT2D eigenvalue weighted by molar-refractivity contribution is 7.14. The number of hydrogen-bond donors (Lipinski definition) is 1. The van der Waals surface area contributed by atoms with Gasteiger partial charge >= 0.3 is 0 Å². The van der Waals surface area contributed by atoms with Gasteiger partial charge in [-0.25, -0.2) is 4.98 Å². The molecule has 1 aliphatic heterocycles. The van der Waals surface area contributed by atoms with Crippen molar-refractivity contribution >= 4 is 39.5 Å². The van der Waals surface area contributed by atoms with Gasteiger partial charge in [-0.05, 0) is 42.3 Å². The van der Waals surface area contributed by atoms with Crippen LogP contribution in [0.2, 0.25) is 0 Å². The van der Waals surface area contributed by atoms with E-state index in [4.69, 9.17) is 4.74 Å². The molecule has 0 aliphatic carbocycles. The molecule has 7 heteroatoms. The van der Waals surface area contributed by atoms with Gasteiger partial charge < -0.3 is 9.84 Å². The van der Waals surface area contributed by atoms with Crippen LogP contribution in [0.5, 0.6) is 5.75 Å². The number of ether oxygens (including phenoxy) is 1. The number of benzene rings is 3. The number of aliphatic hydroxyl groups excluding tert-OH is 1. The Morgan fingerprint density at radius 2 is 1.79 bits per heavy atom. The van der Waals surface area contributed by atoms with Gasteiger partial charge in [-0.2, -0.15) is 0 Å². The summed E-state index contributed by atoms with van der Waals surface area (Å²) in [5.41, 5.74) is 1.90. The predicted molar refractivity (Wildman–Crippen MR) is 133 cm³/mol. The van der Waals surface area contributed by atoms with E-state index < -0.39 is 23.5 Å². The molecule has 0 radical (unpaired) electrons. The number of nitrogens with zero attached hydrogens (tertiary/aromatic N) is 2. The van der Waals surface area contributed by atoms with Crippen LogP contribution in [-0.4, -0.2) is 28.9 Å². The smallest absolute Gasteiger partial charge is 0.294 e. The standard InChI is InChI=1S/C27H22N2O4S/c1-15-26(34-16(2)28-15)24(30)22-23(21-13-6-9-17-8-4-5-12-20(17)21)29(27(32)25(22)31)18-10-7-11-19(14-18)33-3/h4-14,23,31H,1-3H3. The summed E-state index contributed by atoms with van der Waals surface area (Å²) >= 11 is 1.26. The molecule has 3 aromatic carbocycles. The average molecular weight is 471 g/mol. The summed E-state index contributed by atoms with van der Waals surface area (Å²) in [4.78, 5) is 33.5. The highest BCUT2D eigenvalue weighted by Gasteiger charge is 2.45. The van der Waals surface area contributed by atoms with Gasteiger partial charge in [0.15, 0.2) is 5.76 Å². The highest BCUT2D eigenvalue weighted by atomic mass is 32.1. The van der Waals surface area contributed by atoms with Crippen LogP contribution in [0, 0.1) is 13.8 Å². The second kappa shape index (κ2) is 8.43. The van der Waals surface area contributed by atoms with Crippen LogP contribution in [0.3, 0.4) is 0 Å². The summed E-state index contributed by atoms with van der Waals surface area (Å²) in [6, 6.07) is 19.8. The molecular weight excluding hydrogens is 448 g/mol. The molecule has 4 aromatic rings. The van der Waals surface area contributed by atoms with Crippen molar-refractivity contribution in [2.24, 2.45) is 0 Å². The van der Waals surface area contributed by atoms with Gasteiger partial charge in [0.2, 0.25) is 5.78 Å². The molecule has 34 heavy (non-hydrogen) atoms. The van der Waals surface area contributed by atoms with Gasteiger partial charge in [0.1, 0.15) is 5.75 Å². The Hall–Kier alpha value is -3.97. The zero-order valence-electron chi connectivity index (χ0n) is 18.9. The van der Waals surface area contributed by atoms with E-state index in [-0.39, 0.29) is 5.57 Å². The van der Waals surface area contributed by atoms with Crippen LogP contribution < -0.4 is 9.64 Å². The number of ketones is 1. The molecule has 1 N–H and O–H groups in total. The molecule has 2 heterocycles. The van der Waals surface area contributed by atoms with Gasteiger partial charge in [-0.3, -0.25) is 14.5 Å². The van der Waals surface area contributed by atoms with E-state index in [0.29, 0.717) is 22.0 Å². The second-order valence-corrected chi connectivity index (χ2v) is 9.29. The lowest BCUT2D eigenvalue weighted by Gasteiger charge is -2.28. The third kappa shape index (κ3) is 3.45. The van der Waals surface area contributed by atoms with Crippen molar-refractivity contribution < 1.29 is 19.4 Å². The Bertz CT molecular complexity index is 1480. The van der Waals surface area contributed by atoms with Gasteiger partial charge in [0.05, 0.1) is 34.3 Å². The zero-order chi connectivity index (χ0) is 24.0. The monoisotopic (exact) mass is 470 g/mol. The minimum atomic E-state index is -0.819. The summed E-state index contributed by atoms with van der Waals surface area (Å²) in [6.07, 6.45) is 0. The summed E-state index contributed by atoms with van der Waals surface area (Å²) in [7, 11) is 1.55. The maximum Gasteiger partial charge on any atom is 0.294 e. The van der Waals surface area contributed by atoms with Crippen LogP contribution in [0.15, 0.2) is 78.1 Å². The molecule has 6 nitrogen and oxygen atoms in total. The first-order valence-electron chi connectivity index (χ1n) is 10.8. The third-order valence-electron chi connectivity index (χ3n) is 6.01. The van der Waals surface area contributed by atoms with Crippen molar-refractivity contribution in [3.8, 4) is 5.75 Å². The van der Waals surface area contributed by atoms with Crippen molar-refractivity contribution in [1.82, 2.24) is 4.98 Å². The molecule has 0 fully saturated rings.